The monoisotopic (exact) mass is 385 g/mol. The number of nitrogens with zero attached hydrogens (tertiary/aromatic N) is 2. The summed E-state index contributed by atoms with van der Waals surface area (Å²) in [5.74, 6) is 1.60. The Balaban J connectivity index is 1.89. The molecule has 28 heavy (non-hydrogen) atoms. The largest absolute Gasteiger partial charge is 0.361 e. The first kappa shape index (κ1) is 21.5. The fourth-order valence-electron chi connectivity index (χ4n) is 2.71. The van der Waals surface area contributed by atoms with Gasteiger partial charge < -0.3 is 20.5 Å². The molecule has 0 saturated heterocycles. The first-order valence-corrected chi connectivity index (χ1v) is 9.79. The number of nitrogens with one attached hydrogen (secondary N) is 3. The molecule has 1 heterocycles. The topological polar surface area (TPSA) is 91.6 Å². The second-order valence-corrected chi connectivity index (χ2v) is 6.86. The number of amides is 1. The summed E-state index contributed by atoms with van der Waals surface area (Å²) in [4.78, 5) is 16.0. The van der Waals surface area contributed by atoms with E-state index in [9.17, 15) is 4.79 Å². The van der Waals surface area contributed by atoms with E-state index in [0.717, 1.165) is 41.1 Å². The molecule has 1 aromatic heterocycles. The van der Waals surface area contributed by atoms with E-state index >= 15 is 0 Å². The van der Waals surface area contributed by atoms with Crippen molar-refractivity contribution in [2.24, 2.45) is 10.9 Å². The van der Waals surface area contributed by atoms with E-state index in [1.165, 1.54) is 0 Å². The van der Waals surface area contributed by atoms with Crippen molar-refractivity contribution < 1.29 is 9.32 Å². The van der Waals surface area contributed by atoms with Crippen molar-refractivity contribution in [3.05, 3.63) is 46.8 Å². The van der Waals surface area contributed by atoms with Gasteiger partial charge in [0.05, 0.1) is 5.69 Å². The van der Waals surface area contributed by atoms with Gasteiger partial charge in [0.15, 0.2) is 5.96 Å². The fraction of sp³-hybridized carbons (Fsp3) is 0.476. The van der Waals surface area contributed by atoms with Crippen LogP contribution in [0.25, 0.3) is 0 Å². The summed E-state index contributed by atoms with van der Waals surface area (Å²) >= 11 is 0. The highest BCUT2D eigenvalue weighted by Gasteiger charge is 2.13. The molecule has 0 unspecified atom stereocenters. The van der Waals surface area contributed by atoms with Crippen molar-refractivity contribution in [1.82, 2.24) is 15.8 Å². The van der Waals surface area contributed by atoms with Crippen LogP contribution in [0.3, 0.4) is 0 Å². The lowest BCUT2D eigenvalue weighted by Gasteiger charge is -2.13. The third kappa shape index (κ3) is 5.84. The summed E-state index contributed by atoms with van der Waals surface area (Å²) in [7, 11) is 1.75. The minimum atomic E-state index is -0.0392. The summed E-state index contributed by atoms with van der Waals surface area (Å²) in [6.45, 7) is 9.13. The third-order valence-corrected chi connectivity index (χ3v) is 4.47. The van der Waals surface area contributed by atoms with E-state index in [-0.39, 0.29) is 11.8 Å². The first-order chi connectivity index (χ1) is 13.5. The molecule has 0 atom stereocenters. The number of hydrogen-bond acceptors (Lipinski definition) is 4. The maximum atomic E-state index is 11.8. The number of aryl methyl sites for hydroxylation is 2. The van der Waals surface area contributed by atoms with E-state index in [2.05, 4.69) is 39.9 Å². The van der Waals surface area contributed by atoms with E-state index in [1.54, 1.807) is 7.05 Å². The van der Waals surface area contributed by atoms with Crippen LogP contribution in [0.4, 0.5) is 5.69 Å². The van der Waals surface area contributed by atoms with Crippen molar-refractivity contribution in [1.29, 1.82) is 0 Å². The Morgan fingerprint density at radius 1 is 1.11 bits per heavy atom. The number of aliphatic imine (C=N–C) groups is 1. The smallest absolute Gasteiger partial charge is 0.226 e. The molecule has 0 bridgehead atoms. The molecule has 7 heteroatoms. The molecule has 0 saturated carbocycles. The second kappa shape index (κ2) is 10.5. The highest BCUT2D eigenvalue weighted by Crippen LogP contribution is 2.15. The van der Waals surface area contributed by atoms with Gasteiger partial charge in [-0.15, -0.1) is 0 Å². The Hall–Kier alpha value is -2.83. The molecular weight excluding hydrogens is 354 g/mol. The molecule has 2 rings (SSSR count). The zero-order chi connectivity index (χ0) is 20.5. The van der Waals surface area contributed by atoms with Gasteiger partial charge in [-0.3, -0.25) is 9.79 Å². The minimum Gasteiger partial charge on any atom is -0.361 e. The molecule has 0 radical (unpaired) electrons. The number of carbonyl (C=O) groups excluding carboxylic acids is 1. The lowest BCUT2D eigenvalue weighted by atomic mass is 10.1. The molecule has 0 aliphatic carbocycles. The van der Waals surface area contributed by atoms with Crippen LogP contribution in [0.5, 0.6) is 0 Å². The number of hydrogen-bond donors (Lipinski definition) is 3. The van der Waals surface area contributed by atoms with Crippen LogP contribution in [0.2, 0.25) is 0 Å². The van der Waals surface area contributed by atoms with Crippen molar-refractivity contribution >= 4 is 17.6 Å². The lowest BCUT2D eigenvalue weighted by molar-refractivity contribution is -0.118. The van der Waals surface area contributed by atoms with Crippen LogP contribution in [0.1, 0.15) is 50.3 Å². The maximum absolute atomic E-state index is 11.8. The normalized spacial score (nSPS) is 11.6. The summed E-state index contributed by atoms with van der Waals surface area (Å²) < 4.78 is 5.40. The van der Waals surface area contributed by atoms with Crippen LogP contribution < -0.4 is 16.0 Å². The van der Waals surface area contributed by atoms with Crippen LogP contribution >= 0.6 is 0 Å². The molecule has 0 aliphatic heterocycles. The number of benzene rings is 1. The molecule has 1 amide bonds. The average molecular weight is 386 g/mol. The summed E-state index contributed by atoms with van der Waals surface area (Å²) in [5.41, 5.74) is 3.99. The van der Waals surface area contributed by atoms with E-state index < -0.39 is 0 Å². The number of guanidine groups is 1. The highest BCUT2D eigenvalue weighted by atomic mass is 16.5. The number of carbonyl (C=O) groups is 1. The predicted octanol–water partition coefficient (Wildman–Crippen LogP) is 3.26. The molecule has 152 valence electrons. The van der Waals surface area contributed by atoms with Gasteiger partial charge >= 0.3 is 0 Å². The summed E-state index contributed by atoms with van der Waals surface area (Å²) in [6.07, 6.45) is 1.65. The Labute approximate surface area is 167 Å². The van der Waals surface area contributed by atoms with Gasteiger partial charge in [-0.2, -0.15) is 0 Å². The van der Waals surface area contributed by atoms with Crippen LogP contribution in [-0.2, 0) is 30.7 Å². The van der Waals surface area contributed by atoms with Crippen molar-refractivity contribution in [3.63, 3.8) is 0 Å². The number of aromatic nitrogens is 1. The van der Waals surface area contributed by atoms with Gasteiger partial charge in [0.25, 0.3) is 0 Å². The van der Waals surface area contributed by atoms with Gasteiger partial charge in [0.2, 0.25) is 5.91 Å². The van der Waals surface area contributed by atoms with E-state index in [0.29, 0.717) is 19.0 Å². The quantitative estimate of drug-likeness (QED) is 0.479. The minimum absolute atomic E-state index is 0.0158. The van der Waals surface area contributed by atoms with Crippen molar-refractivity contribution in [3.8, 4) is 0 Å². The molecular formula is C21H31N5O2. The SMILES string of the molecule is CCc1noc(CC)c1CNC(=NC)NCc1ccc(NC(=O)C(C)C)cc1. The Morgan fingerprint density at radius 2 is 1.79 bits per heavy atom. The standard InChI is InChI=1S/C21H31N5O2/c1-6-18-17(19(7-2)28-26-18)13-24-21(22-5)23-12-15-8-10-16(11-9-15)25-20(27)14(3)4/h8-11,14H,6-7,12-13H2,1-5H3,(H,25,27)(H2,22,23,24). The van der Waals surface area contributed by atoms with Gasteiger partial charge in [-0.1, -0.05) is 45.0 Å². The van der Waals surface area contributed by atoms with E-state index in [4.69, 9.17) is 4.52 Å². The Morgan fingerprint density at radius 3 is 2.36 bits per heavy atom. The lowest BCUT2D eigenvalue weighted by Crippen LogP contribution is -2.36. The van der Waals surface area contributed by atoms with Gasteiger partial charge in [0, 0.05) is 43.7 Å². The van der Waals surface area contributed by atoms with Crippen LogP contribution in [0.15, 0.2) is 33.8 Å². The molecule has 2 aromatic rings. The Bertz CT molecular complexity index is 772. The number of anilines is 1. The van der Waals surface area contributed by atoms with Crippen molar-refractivity contribution in [2.45, 2.75) is 53.6 Å². The first-order valence-electron chi connectivity index (χ1n) is 9.79. The molecule has 3 N–H and O–H groups in total. The molecule has 0 spiro atoms. The Kier molecular flexibility index (Phi) is 8.04. The molecule has 0 aliphatic rings. The van der Waals surface area contributed by atoms with Crippen LogP contribution in [0, 0.1) is 5.92 Å². The summed E-state index contributed by atoms with van der Waals surface area (Å²) in [6, 6.07) is 7.79. The maximum Gasteiger partial charge on any atom is 0.226 e. The second-order valence-electron chi connectivity index (χ2n) is 6.86. The third-order valence-electron chi connectivity index (χ3n) is 4.47. The summed E-state index contributed by atoms with van der Waals surface area (Å²) in [5, 5.41) is 13.7. The van der Waals surface area contributed by atoms with Gasteiger partial charge in [-0.05, 0) is 24.1 Å². The van der Waals surface area contributed by atoms with Gasteiger partial charge in [0.1, 0.15) is 5.76 Å². The molecule has 7 nitrogen and oxygen atoms in total. The number of rotatable bonds is 8. The molecule has 0 fully saturated rings. The zero-order valence-corrected chi connectivity index (χ0v) is 17.4. The highest BCUT2D eigenvalue weighted by molar-refractivity contribution is 5.92. The van der Waals surface area contributed by atoms with E-state index in [1.807, 2.05) is 38.1 Å². The van der Waals surface area contributed by atoms with Crippen molar-refractivity contribution in [2.75, 3.05) is 12.4 Å². The van der Waals surface area contributed by atoms with Crippen LogP contribution in [-0.4, -0.2) is 24.1 Å². The molecule has 1 aromatic carbocycles. The fourth-order valence-corrected chi connectivity index (χ4v) is 2.71. The van der Waals surface area contributed by atoms with Gasteiger partial charge in [-0.25, -0.2) is 0 Å². The average Bonchev–Trinajstić information content (AvgIpc) is 3.11. The predicted molar refractivity (Wildman–Crippen MR) is 112 cm³/mol. The zero-order valence-electron chi connectivity index (χ0n) is 17.4.